The molecular weight excluding hydrogens is 304 g/mol. The number of amides is 1. The van der Waals surface area contributed by atoms with Crippen molar-refractivity contribution in [3.8, 4) is 0 Å². The highest BCUT2D eigenvalue weighted by Crippen LogP contribution is 2.08. The molecule has 0 atom stereocenters. The highest BCUT2D eigenvalue weighted by molar-refractivity contribution is 7.07. The molecule has 0 spiro atoms. The zero-order valence-corrected chi connectivity index (χ0v) is 12.8. The average molecular weight is 318 g/mol. The molecule has 7 heteroatoms. The Morgan fingerprint density at radius 3 is 2.55 bits per heavy atom. The van der Waals surface area contributed by atoms with E-state index in [1.54, 1.807) is 12.1 Å². The Labute approximate surface area is 129 Å². The molecule has 6 nitrogen and oxygen atoms in total. The first-order chi connectivity index (χ1) is 10.5. The van der Waals surface area contributed by atoms with Crippen molar-refractivity contribution >= 4 is 41.1 Å². The van der Waals surface area contributed by atoms with Gasteiger partial charge in [-0.3, -0.25) is 9.59 Å². The maximum Gasteiger partial charge on any atom is 0.332 e. The molecular formula is C15H14N2O4S. The van der Waals surface area contributed by atoms with Crippen LogP contribution in [0.2, 0.25) is 0 Å². The number of rotatable bonds is 3. The summed E-state index contributed by atoms with van der Waals surface area (Å²) in [6.07, 6.45) is 2.35. The van der Waals surface area contributed by atoms with E-state index in [-0.39, 0.29) is 10.4 Å². The summed E-state index contributed by atoms with van der Waals surface area (Å²) in [7, 11) is 1.22. The van der Waals surface area contributed by atoms with Crippen LogP contribution in [0.25, 0.3) is 12.2 Å². The van der Waals surface area contributed by atoms with Gasteiger partial charge in [-0.25, -0.2) is 4.79 Å². The molecule has 2 aromatic rings. The zero-order chi connectivity index (χ0) is 16.1. The number of aromatic amines is 1. The van der Waals surface area contributed by atoms with E-state index in [0.717, 1.165) is 23.0 Å². The van der Waals surface area contributed by atoms with Crippen molar-refractivity contribution in [2.24, 2.45) is 0 Å². The van der Waals surface area contributed by atoms with Gasteiger partial charge in [0.05, 0.1) is 7.11 Å². The Morgan fingerprint density at radius 1 is 1.23 bits per heavy atom. The van der Waals surface area contributed by atoms with Gasteiger partial charge in [-0.05, 0) is 19.1 Å². The van der Waals surface area contributed by atoms with Gasteiger partial charge in [-0.1, -0.05) is 17.7 Å². The first-order valence-corrected chi connectivity index (χ1v) is 7.18. The van der Waals surface area contributed by atoms with Crippen molar-refractivity contribution in [3.05, 3.63) is 49.4 Å². The summed E-state index contributed by atoms with van der Waals surface area (Å²) in [6.45, 7) is 1.95. The maximum absolute atomic E-state index is 11.9. The summed E-state index contributed by atoms with van der Waals surface area (Å²) >= 11 is 1.00. The Hall–Kier alpha value is -2.67. The van der Waals surface area contributed by atoms with Crippen molar-refractivity contribution in [1.82, 2.24) is 4.98 Å². The fourth-order valence-electron chi connectivity index (χ4n) is 1.62. The normalized spacial score (nSPS) is 12.3. The van der Waals surface area contributed by atoms with Gasteiger partial charge in [0.2, 0.25) is 0 Å². The highest BCUT2D eigenvalue weighted by atomic mass is 32.1. The van der Waals surface area contributed by atoms with Crippen LogP contribution >= 0.6 is 11.3 Å². The van der Waals surface area contributed by atoms with Crippen molar-refractivity contribution < 1.29 is 14.3 Å². The number of aryl methyl sites for hydroxylation is 1. The number of hydrogen-bond donors (Lipinski definition) is 2. The number of nitrogens with one attached hydrogen (secondary N) is 2. The molecule has 1 aromatic carbocycles. The van der Waals surface area contributed by atoms with Crippen molar-refractivity contribution in [2.75, 3.05) is 12.4 Å². The lowest BCUT2D eigenvalue weighted by molar-refractivity contribution is -0.133. The lowest BCUT2D eigenvalue weighted by Crippen LogP contribution is -2.21. The summed E-state index contributed by atoms with van der Waals surface area (Å²) in [5.41, 5.74) is 1.31. The summed E-state index contributed by atoms with van der Waals surface area (Å²) in [4.78, 5) is 37.1. The number of carbonyl (C=O) groups excluding carboxylic acids is 2. The van der Waals surface area contributed by atoms with Gasteiger partial charge in [-0.2, -0.15) is 0 Å². The fourth-order valence-corrected chi connectivity index (χ4v) is 2.47. The van der Waals surface area contributed by atoms with E-state index >= 15 is 0 Å². The second kappa shape index (κ2) is 6.86. The van der Waals surface area contributed by atoms with Crippen molar-refractivity contribution in [1.29, 1.82) is 0 Å². The number of benzene rings is 1. The minimum atomic E-state index is -0.622. The molecule has 0 aliphatic carbocycles. The molecule has 1 aromatic heterocycles. The molecule has 0 saturated heterocycles. The molecule has 22 heavy (non-hydrogen) atoms. The van der Waals surface area contributed by atoms with Crippen LogP contribution in [0.4, 0.5) is 5.69 Å². The number of methoxy groups -OCH3 is 1. The summed E-state index contributed by atoms with van der Waals surface area (Å²) < 4.78 is 4.99. The highest BCUT2D eigenvalue weighted by Gasteiger charge is 2.02. The third kappa shape index (κ3) is 4.16. The molecule has 1 heterocycles. The van der Waals surface area contributed by atoms with Gasteiger partial charge in [0.1, 0.15) is 9.20 Å². The molecule has 0 aliphatic rings. The van der Waals surface area contributed by atoms with Gasteiger partial charge < -0.3 is 15.0 Å². The van der Waals surface area contributed by atoms with Crippen LogP contribution in [0.15, 0.2) is 29.1 Å². The summed E-state index contributed by atoms with van der Waals surface area (Å²) in [6, 6.07) is 7.33. The number of carbonyl (C=O) groups is 2. The summed E-state index contributed by atoms with van der Waals surface area (Å²) in [5, 5.41) is 2.69. The van der Waals surface area contributed by atoms with Gasteiger partial charge in [0.15, 0.2) is 0 Å². The fraction of sp³-hybridized carbons (Fsp3) is 0.133. The third-order valence-electron chi connectivity index (χ3n) is 2.71. The maximum atomic E-state index is 11.9. The van der Waals surface area contributed by atoms with E-state index < -0.39 is 11.5 Å². The Morgan fingerprint density at radius 2 is 1.91 bits per heavy atom. The van der Waals surface area contributed by atoms with Crippen LogP contribution in [-0.4, -0.2) is 24.0 Å². The lowest BCUT2D eigenvalue weighted by atomic mass is 10.2. The Balaban J connectivity index is 2.22. The number of hydrogen-bond acceptors (Lipinski definition) is 5. The van der Waals surface area contributed by atoms with Crippen molar-refractivity contribution in [2.45, 2.75) is 6.92 Å². The molecule has 2 N–H and O–H groups in total. The van der Waals surface area contributed by atoms with Crippen LogP contribution in [0.5, 0.6) is 0 Å². The SMILES string of the molecule is COC(=O)C=c1sc(=CC(=O)Nc2ccc(C)cc2)[nH]c1=O. The smallest absolute Gasteiger partial charge is 0.332 e. The molecule has 114 valence electrons. The molecule has 0 fully saturated rings. The van der Waals surface area contributed by atoms with Crippen LogP contribution in [0.1, 0.15) is 5.56 Å². The number of H-pyrrole nitrogens is 1. The molecule has 2 rings (SSSR count). The number of anilines is 1. The number of ether oxygens (including phenoxy) is 1. The summed E-state index contributed by atoms with van der Waals surface area (Å²) in [5.74, 6) is -0.992. The van der Waals surface area contributed by atoms with Crippen molar-refractivity contribution in [3.63, 3.8) is 0 Å². The lowest BCUT2D eigenvalue weighted by Gasteiger charge is -2.01. The first-order valence-electron chi connectivity index (χ1n) is 6.36. The van der Waals surface area contributed by atoms with E-state index in [1.165, 1.54) is 13.2 Å². The number of aromatic nitrogens is 1. The quantitative estimate of drug-likeness (QED) is 0.787. The predicted octanol–water partition coefficient (Wildman–Crippen LogP) is 0.118. The average Bonchev–Trinajstić information content (AvgIpc) is 2.80. The molecule has 0 radical (unpaired) electrons. The van der Waals surface area contributed by atoms with E-state index in [2.05, 4.69) is 15.0 Å². The monoisotopic (exact) mass is 318 g/mol. The van der Waals surface area contributed by atoms with Crippen LogP contribution in [-0.2, 0) is 14.3 Å². The topological polar surface area (TPSA) is 88.3 Å². The van der Waals surface area contributed by atoms with Crippen LogP contribution in [0, 0.1) is 6.92 Å². The molecule has 0 bridgehead atoms. The second-order valence-corrected chi connectivity index (χ2v) is 5.54. The first kappa shape index (κ1) is 15.7. The standard InChI is InChI=1S/C15H14N2O4S/c1-9-3-5-10(6-4-9)16-12(18)8-13-17-15(20)11(22-13)7-14(19)21-2/h3-8H,1-2H3,(H,16,18)(H,17,20). The number of esters is 1. The Kier molecular flexibility index (Phi) is 4.90. The largest absolute Gasteiger partial charge is 0.466 e. The van der Waals surface area contributed by atoms with E-state index in [0.29, 0.717) is 10.4 Å². The van der Waals surface area contributed by atoms with Crippen LogP contribution < -0.4 is 20.1 Å². The molecule has 0 unspecified atom stereocenters. The van der Waals surface area contributed by atoms with Gasteiger partial charge in [0, 0.05) is 17.8 Å². The minimum absolute atomic E-state index is 0.182. The van der Waals surface area contributed by atoms with Crippen LogP contribution in [0.3, 0.4) is 0 Å². The second-order valence-electron chi connectivity index (χ2n) is 4.45. The minimum Gasteiger partial charge on any atom is -0.466 e. The Bertz CT molecular complexity index is 862. The predicted molar refractivity (Wildman–Crippen MR) is 84.9 cm³/mol. The van der Waals surface area contributed by atoms with Gasteiger partial charge in [-0.15, -0.1) is 11.3 Å². The zero-order valence-electron chi connectivity index (χ0n) is 12.0. The van der Waals surface area contributed by atoms with Gasteiger partial charge in [0.25, 0.3) is 11.5 Å². The number of thiazole rings is 1. The van der Waals surface area contributed by atoms with E-state index in [1.807, 2.05) is 19.1 Å². The van der Waals surface area contributed by atoms with E-state index in [4.69, 9.17) is 0 Å². The van der Waals surface area contributed by atoms with Gasteiger partial charge >= 0.3 is 5.97 Å². The third-order valence-corrected chi connectivity index (χ3v) is 3.67. The molecule has 0 aliphatic heterocycles. The molecule has 0 saturated carbocycles. The molecule has 1 amide bonds. The van der Waals surface area contributed by atoms with E-state index in [9.17, 15) is 14.4 Å².